The number of fused-ring (bicyclic) bond motifs is 9. The zero-order valence-electron chi connectivity index (χ0n) is 25.7. The second kappa shape index (κ2) is 14.2. The first-order valence-electron chi connectivity index (χ1n) is 16.0. The number of benzene rings is 6. The van der Waals surface area contributed by atoms with E-state index in [1.54, 1.807) is 0 Å². The van der Waals surface area contributed by atoms with Gasteiger partial charge in [-0.1, -0.05) is 84.9 Å². The highest BCUT2D eigenvalue weighted by Crippen LogP contribution is 2.45. The molecule has 0 atom stereocenters. The molecule has 0 saturated heterocycles. The van der Waals surface area contributed by atoms with Crippen molar-refractivity contribution in [2.45, 2.75) is 25.7 Å². The van der Waals surface area contributed by atoms with Crippen LogP contribution in [0.15, 0.2) is 132 Å². The lowest BCUT2D eigenvalue weighted by molar-refractivity contribution is 0.265. The van der Waals surface area contributed by atoms with Gasteiger partial charge in [0.15, 0.2) is 0 Å². The molecule has 6 aromatic rings. The molecule has 0 aliphatic carbocycles. The average molecular weight is 609 g/mol. The molecule has 0 bridgehead atoms. The molecular formula is C40H36N2O4. The molecule has 7 rings (SSSR count). The van der Waals surface area contributed by atoms with Crippen LogP contribution in [-0.2, 0) is 0 Å². The Morgan fingerprint density at radius 1 is 0.348 bits per heavy atom. The van der Waals surface area contributed by atoms with Gasteiger partial charge in [-0.25, -0.2) is 0 Å². The fraction of sp³-hybridized carbons (Fsp3) is 0.200. The highest BCUT2D eigenvalue weighted by molar-refractivity contribution is 6.09. The Hall–Kier alpha value is -5.36. The monoisotopic (exact) mass is 608 g/mol. The van der Waals surface area contributed by atoms with E-state index in [1.165, 1.54) is 0 Å². The van der Waals surface area contributed by atoms with Crippen molar-refractivity contribution in [3.05, 3.63) is 121 Å². The molecule has 46 heavy (non-hydrogen) atoms. The molecular weight excluding hydrogens is 572 g/mol. The molecule has 0 saturated carbocycles. The van der Waals surface area contributed by atoms with Crippen molar-refractivity contribution in [3.8, 4) is 34.1 Å². The summed E-state index contributed by atoms with van der Waals surface area (Å²) in [5.74, 6) is 3.10. The minimum atomic E-state index is 0.543. The van der Waals surface area contributed by atoms with Crippen LogP contribution in [0.25, 0.3) is 32.7 Å². The minimum absolute atomic E-state index is 0.543. The van der Waals surface area contributed by atoms with Crippen LogP contribution in [0, 0.1) is 0 Å². The van der Waals surface area contributed by atoms with E-state index in [0.717, 1.165) is 69.9 Å². The van der Waals surface area contributed by atoms with E-state index in [1.807, 2.05) is 48.5 Å². The summed E-state index contributed by atoms with van der Waals surface area (Å²) in [6, 6.07) is 40.9. The second-order valence-corrected chi connectivity index (χ2v) is 11.3. The van der Waals surface area contributed by atoms with Gasteiger partial charge in [0.05, 0.1) is 26.4 Å². The molecule has 1 heterocycles. The van der Waals surface area contributed by atoms with Crippen LogP contribution in [0.3, 0.4) is 0 Å². The Morgan fingerprint density at radius 3 is 1.17 bits per heavy atom. The van der Waals surface area contributed by atoms with E-state index >= 15 is 0 Å². The van der Waals surface area contributed by atoms with Gasteiger partial charge >= 0.3 is 0 Å². The van der Waals surface area contributed by atoms with Gasteiger partial charge in [0, 0.05) is 11.1 Å². The van der Waals surface area contributed by atoms with Crippen molar-refractivity contribution < 1.29 is 18.9 Å². The van der Waals surface area contributed by atoms with Crippen LogP contribution in [0.4, 0.5) is 11.4 Å². The maximum atomic E-state index is 6.56. The molecule has 0 spiro atoms. The summed E-state index contributed by atoms with van der Waals surface area (Å²) >= 11 is 0. The summed E-state index contributed by atoms with van der Waals surface area (Å²) in [7, 11) is 0. The largest absolute Gasteiger partial charge is 0.493 e. The quantitative estimate of drug-likeness (QED) is 0.172. The first kappa shape index (κ1) is 29.4. The van der Waals surface area contributed by atoms with E-state index < -0.39 is 0 Å². The first-order valence-corrected chi connectivity index (χ1v) is 16.0. The lowest BCUT2D eigenvalue weighted by atomic mass is 9.92. The van der Waals surface area contributed by atoms with Crippen molar-refractivity contribution in [1.82, 2.24) is 0 Å². The summed E-state index contributed by atoms with van der Waals surface area (Å²) in [5, 5.41) is 13.6. The van der Waals surface area contributed by atoms with Crippen molar-refractivity contribution in [3.63, 3.8) is 0 Å². The van der Waals surface area contributed by atoms with Gasteiger partial charge in [-0.15, -0.1) is 10.2 Å². The third-order valence-electron chi connectivity index (χ3n) is 8.14. The predicted octanol–water partition coefficient (Wildman–Crippen LogP) is 10.9. The molecule has 0 N–H and O–H groups in total. The molecule has 0 aromatic heterocycles. The van der Waals surface area contributed by atoms with E-state index in [9.17, 15) is 0 Å². The van der Waals surface area contributed by atoms with Crippen LogP contribution in [0.1, 0.15) is 25.7 Å². The molecule has 6 nitrogen and oxygen atoms in total. The highest BCUT2D eigenvalue weighted by atomic mass is 16.5. The van der Waals surface area contributed by atoms with Crippen LogP contribution >= 0.6 is 0 Å². The molecule has 230 valence electrons. The van der Waals surface area contributed by atoms with Gasteiger partial charge in [0.25, 0.3) is 0 Å². The number of para-hydroxylation sites is 2. The van der Waals surface area contributed by atoms with Crippen molar-refractivity contribution in [2.75, 3.05) is 26.4 Å². The third-order valence-corrected chi connectivity index (χ3v) is 8.14. The Balaban J connectivity index is 1.23. The second-order valence-electron chi connectivity index (χ2n) is 11.3. The molecule has 6 aromatic carbocycles. The fourth-order valence-corrected chi connectivity index (χ4v) is 5.83. The topological polar surface area (TPSA) is 61.6 Å². The number of nitrogens with zero attached hydrogens (tertiary/aromatic N) is 2. The Morgan fingerprint density at radius 2 is 0.717 bits per heavy atom. The Bertz CT molecular complexity index is 1840. The SMILES string of the molecule is c1ccc2c(c1)N=Nc1ccccc1OCCCCOc1ccc3ccccc3c1-c1c(ccc3ccccc13)OCCCCO2. The molecule has 6 heteroatoms. The molecule has 0 amide bonds. The fourth-order valence-electron chi connectivity index (χ4n) is 5.83. The lowest BCUT2D eigenvalue weighted by Gasteiger charge is -2.20. The Labute approximate surface area is 269 Å². The third kappa shape index (κ3) is 6.52. The minimum Gasteiger partial charge on any atom is -0.493 e. The van der Waals surface area contributed by atoms with Gasteiger partial charge in [-0.2, -0.15) is 0 Å². The number of hydrogen-bond acceptors (Lipinski definition) is 6. The maximum absolute atomic E-state index is 6.56. The van der Waals surface area contributed by atoms with Crippen LogP contribution in [0.2, 0.25) is 0 Å². The van der Waals surface area contributed by atoms with Crippen LogP contribution < -0.4 is 18.9 Å². The van der Waals surface area contributed by atoms with Crippen LogP contribution in [0.5, 0.6) is 23.0 Å². The van der Waals surface area contributed by atoms with Gasteiger partial charge in [0.2, 0.25) is 0 Å². The smallest absolute Gasteiger partial charge is 0.146 e. The zero-order chi connectivity index (χ0) is 31.0. The summed E-state index contributed by atoms with van der Waals surface area (Å²) in [6.07, 6.45) is 3.32. The van der Waals surface area contributed by atoms with E-state index in [0.29, 0.717) is 49.3 Å². The highest BCUT2D eigenvalue weighted by Gasteiger charge is 2.19. The van der Waals surface area contributed by atoms with Crippen molar-refractivity contribution in [1.29, 1.82) is 0 Å². The predicted molar refractivity (Wildman–Crippen MR) is 184 cm³/mol. The van der Waals surface area contributed by atoms with Gasteiger partial charge in [-0.05, 0) is 83.6 Å². The van der Waals surface area contributed by atoms with E-state index in [-0.39, 0.29) is 0 Å². The molecule has 1 aliphatic heterocycles. The summed E-state index contributed by atoms with van der Waals surface area (Å²) in [4.78, 5) is 0. The number of rotatable bonds is 0. The first-order chi connectivity index (χ1) is 22.8. The van der Waals surface area contributed by atoms with Gasteiger partial charge < -0.3 is 18.9 Å². The molecule has 0 radical (unpaired) electrons. The lowest BCUT2D eigenvalue weighted by Crippen LogP contribution is -2.05. The summed E-state index contributed by atoms with van der Waals surface area (Å²) < 4.78 is 25.4. The summed E-state index contributed by atoms with van der Waals surface area (Å²) in [6.45, 7) is 2.21. The number of ether oxygens (including phenoxy) is 4. The van der Waals surface area contributed by atoms with Gasteiger partial charge in [-0.3, -0.25) is 0 Å². The molecule has 0 unspecified atom stereocenters. The standard InChI is InChI=1S/C40H36N2O4/c1-3-15-31-29(13-1)21-23-37-39(31)40-32-16-4-2-14-30(32)22-24-38(40)46-28-12-10-26-44-36-20-8-6-18-34(36)42-41-33-17-5-7-19-35(33)43-25-9-11-27-45-37/h1-8,13-24H,9-12,25-28H2. The number of hydrogen-bond donors (Lipinski definition) is 0. The normalized spacial score (nSPS) is 14.4. The zero-order valence-corrected chi connectivity index (χ0v) is 25.7. The summed E-state index contributed by atoms with van der Waals surface area (Å²) in [5.41, 5.74) is 3.48. The number of azo groups is 1. The van der Waals surface area contributed by atoms with Crippen molar-refractivity contribution in [2.24, 2.45) is 10.2 Å². The maximum Gasteiger partial charge on any atom is 0.146 e. The van der Waals surface area contributed by atoms with E-state index in [2.05, 4.69) is 83.0 Å². The Kier molecular flexibility index (Phi) is 9.04. The molecule has 0 fully saturated rings. The molecule has 1 aliphatic rings. The van der Waals surface area contributed by atoms with Crippen LogP contribution in [-0.4, -0.2) is 26.4 Å². The van der Waals surface area contributed by atoms with Crippen molar-refractivity contribution >= 4 is 32.9 Å². The average Bonchev–Trinajstić information content (AvgIpc) is 3.10. The van der Waals surface area contributed by atoms with Gasteiger partial charge in [0.1, 0.15) is 34.4 Å². The van der Waals surface area contributed by atoms with E-state index in [4.69, 9.17) is 18.9 Å².